The van der Waals surface area contributed by atoms with Crippen molar-refractivity contribution in [3.8, 4) is 5.75 Å². The lowest BCUT2D eigenvalue weighted by Crippen LogP contribution is -2.42. The number of halogens is 1. The van der Waals surface area contributed by atoms with Crippen molar-refractivity contribution < 1.29 is 13.9 Å². The Morgan fingerprint density at radius 2 is 1.93 bits per heavy atom. The number of rotatable bonds is 7. The van der Waals surface area contributed by atoms with Gasteiger partial charge in [-0.2, -0.15) is 0 Å². The van der Waals surface area contributed by atoms with Gasteiger partial charge in [-0.1, -0.05) is 32.0 Å². The Morgan fingerprint density at radius 3 is 2.64 bits per heavy atom. The summed E-state index contributed by atoms with van der Waals surface area (Å²) in [5.74, 6) is 0.319. The second-order valence-electron chi connectivity index (χ2n) is 7.52. The molecule has 6 heteroatoms. The van der Waals surface area contributed by atoms with Crippen LogP contribution in [0.25, 0.3) is 0 Å². The molecule has 0 saturated carbocycles. The normalized spacial score (nSPS) is 11.0. The molecule has 0 aliphatic rings. The van der Waals surface area contributed by atoms with Gasteiger partial charge in [-0.15, -0.1) is 0 Å². The molecule has 0 fully saturated rings. The fraction of sp³-hybridized carbons (Fsp3) is 0.364. The summed E-state index contributed by atoms with van der Waals surface area (Å²) in [4.78, 5) is 12.5. The van der Waals surface area contributed by atoms with Crippen molar-refractivity contribution in [1.82, 2.24) is 5.32 Å². The molecule has 150 valence electrons. The summed E-state index contributed by atoms with van der Waals surface area (Å²) in [5.41, 5.74) is 2.12. The minimum absolute atomic E-state index is 0.148. The molecule has 0 atom stereocenters. The third-order valence-electron chi connectivity index (χ3n) is 4.47. The van der Waals surface area contributed by atoms with Gasteiger partial charge in [0.15, 0.2) is 5.11 Å². The third kappa shape index (κ3) is 6.60. The molecule has 4 nitrogen and oxygen atoms in total. The Morgan fingerprint density at radius 1 is 1.18 bits per heavy atom. The SMILES string of the molecule is Cc1ccc(C)c(OCCCC(C)(C)C(=O)NC(=S)Nc2cccc(F)c2)c1. The zero-order valence-corrected chi connectivity index (χ0v) is 17.6. The molecule has 0 spiro atoms. The molecular weight excluding hydrogens is 375 g/mol. The van der Waals surface area contributed by atoms with Gasteiger partial charge in [-0.3, -0.25) is 4.79 Å². The van der Waals surface area contributed by atoms with Crippen molar-refractivity contribution in [3.63, 3.8) is 0 Å². The lowest BCUT2D eigenvalue weighted by atomic mass is 9.87. The van der Waals surface area contributed by atoms with Gasteiger partial charge < -0.3 is 15.4 Å². The first-order chi connectivity index (χ1) is 13.2. The molecule has 0 saturated heterocycles. The van der Waals surface area contributed by atoms with E-state index in [0.717, 1.165) is 23.3 Å². The molecule has 0 heterocycles. The number of nitrogens with one attached hydrogen (secondary N) is 2. The highest BCUT2D eigenvalue weighted by Crippen LogP contribution is 2.24. The number of thiocarbonyl (C=S) groups is 1. The smallest absolute Gasteiger partial charge is 0.231 e. The second kappa shape index (κ2) is 9.64. The highest BCUT2D eigenvalue weighted by atomic mass is 32.1. The lowest BCUT2D eigenvalue weighted by molar-refractivity contribution is -0.128. The maximum absolute atomic E-state index is 13.2. The van der Waals surface area contributed by atoms with Crippen molar-refractivity contribution in [3.05, 3.63) is 59.4 Å². The second-order valence-corrected chi connectivity index (χ2v) is 7.93. The Hall–Kier alpha value is -2.47. The molecule has 2 N–H and O–H groups in total. The lowest BCUT2D eigenvalue weighted by Gasteiger charge is -2.24. The molecule has 1 amide bonds. The van der Waals surface area contributed by atoms with E-state index < -0.39 is 5.41 Å². The van der Waals surface area contributed by atoms with Gasteiger partial charge in [0.1, 0.15) is 11.6 Å². The summed E-state index contributed by atoms with van der Waals surface area (Å²) in [6.07, 6.45) is 1.38. The van der Waals surface area contributed by atoms with Crippen molar-refractivity contribution in [2.24, 2.45) is 5.41 Å². The Labute approximate surface area is 171 Å². The Kier molecular flexibility index (Phi) is 7.52. The molecular formula is C22H27FN2O2S. The van der Waals surface area contributed by atoms with Crippen LogP contribution in [0.3, 0.4) is 0 Å². The molecule has 2 aromatic carbocycles. The first kappa shape index (κ1) is 21.8. The zero-order chi connectivity index (χ0) is 20.7. The minimum atomic E-state index is -0.612. The summed E-state index contributed by atoms with van der Waals surface area (Å²) in [6, 6.07) is 12.0. The standard InChI is InChI=1S/C22H27FN2O2S/c1-15-9-10-16(2)19(13-15)27-12-6-11-22(3,4)20(26)25-21(28)24-18-8-5-7-17(23)14-18/h5,7-10,13-14H,6,11-12H2,1-4H3,(H2,24,25,26,28). The maximum atomic E-state index is 13.2. The zero-order valence-electron chi connectivity index (χ0n) is 16.8. The van der Waals surface area contributed by atoms with Crippen molar-refractivity contribution >= 4 is 28.9 Å². The Bertz CT molecular complexity index is 852. The van der Waals surface area contributed by atoms with Gasteiger partial charge in [-0.25, -0.2) is 4.39 Å². The van der Waals surface area contributed by atoms with Crippen LogP contribution in [-0.4, -0.2) is 17.6 Å². The molecule has 2 aromatic rings. The van der Waals surface area contributed by atoms with Crippen LogP contribution in [-0.2, 0) is 4.79 Å². The van der Waals surface area contributed by atoms with Crippen molar-refractivity contribution in [2.45, 2.75) is 40.5 Å². The fourth-order valence-corrected chi connectivity index (χ4v) is 2.88. The van der Waals surface area contributed by atoms with E-state index in [-0.39, 0.29) is 16.8 Å². The minimum Gasteiger partial charge on any atom is -0.493 e. The van der Waals surface area contributed by atoms with E-state index in [1.165, 1.54) is 12.1 Å². The average molecular weight is 403 g/mol. The molecule has 0 aromatic heterocycles. The van der Waals surface area contributed by atoms with Crippen LogP contribution in [0, 0.1) is 25.1 Å². The number of benzene rings is 2. The van der Waals surface area contributed by atoms with Crippen LogP contribution in [0.4, 0.5) is 10.1 Å². The van der Waals surface area contributed by atoms with Gasteiger partial charge in [0.2, 0.25) is 5.91 Å². The largest absolute Gasteiger partial charge is 0.493 e. The molecule has 0 unspecified atom stereocenters. The average Bonchev–Trinajstić information content (AvgIpc) is 2.61. The van der Waals surface area contributed by atoms with Crippen LogP contribution < -0.4 is 15.4 Å². The molecule has 0 aliphatic carbocycles. The quantitative estimate of drug-likeness (QED) is 0.497. The van der Waals surface area contributed by atoms with E-state index in [1.807, 2.05) is 39.8 Å². The number of hydrogen-bond donors (Lipinski definition) is 2. The highest BCUT2D eigenvalue weighted by Gasteiger charge is 2.27. The van der Waals surface area contributed by atoms with E-state index in [4.69, 9.17) is 17.0 Å². The number of amides is 1. The van der Waals surface area contributed by atoms with Crippen molar-refractivity contribution in [2.75, 3.05) is 11.9 Å². The summed E-state index contributed by atoms with van der Waals surface area (Å²) in [5, 5.41) is 5.65. The summed E-state index contributed by atoms with van der Waals surface area (Å²) < 4.78 is 19.1. The summed E-state index contributed by atoms with van der Waals surface area (Å²) >= 11 is 5.16. The van der Waals surface area contributed by atoms with E-state index in [1.54, 1.807) is 12.1 Å². The third-order valence-corrected chi connectivity index (χ3v) is 4.68. The summed E-state index contributed by atoms with van der Waals surface area (Å²) in [7, 11) is 0. The molecule has 0 aliphatic heterocycles. The van der Waals surface area contributed by atoms with Gasteiger partial charge in [-0.05, 0) is 74.3 Å². The highest BCUT2D eigenvalue weighted by molar-refractivity contribution is 7.80. The topological polar surface area (TPSA) is 50.4 Å². The molecule has 0 radical (unpaired) electrons. The predicted molar refractivity (Wildman–Crippen MR) is 115 cm³/mol. The van der Waals surface area contributed by atoms with Gasteiger partial charge in [0.05, 0.1) is 6.61 Å². The summed E-state index contributed by atoms with van der Waals surface area (Å²) in [6.45, 7) is 8.31. The van der Waals surface area contributed by atoms with E-state index in [2.05, 4.69) is 16.7 Å². The first-order valence-corrected chi connectivity index (χ1v) is 9.66. The number of carbonyl (C=O) groups excluding carboxylic acids is 1. The van der Waals surface area contributed by atoms with Gasteiger partial charge in [0.25, 0.3) is 0 Å². The van der Waals surface area contributed by atoms with Crippen LogP contribution in [0.5, 0.6) is 5.75 Å². The number of carbonyl (C=O) groups is 1. The fourth-order valence-electron chi connectivity index (χ4n) is 2.67. The van der Waals surface area contributed by atoms with Crippen LogP contribution >= 0.6 is 12.2 Å². The number of hydrogen-bond acceptors (Lipinski definition) is 3. The molecule has 28 heavy (non-hydrogen) atoms. The van der Waals surface area contributed by atoms with Gasteiger partial charge >= 0.3 is 0 Å². The number of aryl methyl sites for hydroxylation is 2. The van der Waals surface area contributed by atoms with E-state index >= 15 is 0 Å². The first-order valence-electron chi connectivity index (χ1n) is 9.25. The molecule has 2 rings (SSSR count). The van der Waals surface area contributed by atoms with Crippen molar-refractivity contribution in [1.29, 1.82) is 0 Å². The number of ether oxygens (including phenoxy) is 1. The molecule has 0 bridgehead atoms. The van der Waals surface area contributed by atoms with Gasteiger partial charge in [0, 0.05) is 11.1 Å². The van der Waals surface area contributed by atoms with Crippen LogP contribution in [0.1, 0.15) is 37.8 Å². The number of anilines is 1. The van der Waals surface area contributed by atoms with E-state index in [9.17, 15) is 9.18 Å². The predicted octanol–water partition coefficient (Wildman–Crippen LogP) is 5.14. The monoisotopic (exact) mass is 402 g/mol. The van der Waals surface area contributed by atoms with Crippen LogP contribution in [0.2, 0.25) is 0 Å². The van der Waals surface area contributed by atoms with Crippen LogP contribution in [0.15, 0.2) is 42.5 Å². The Balaban J connectivity index is 1.80. The van der Waals surface area contributed by atoms with E-state index in [0.29, 0.717) is 18.7 Å². The maximum Gasteiger partial charge on any atom is 0.231 e.